The number of nitrogens with one attached hydrogen (secondary N) is 1. The van der Waals surface area contributed by atoms with Gasteiger partial charge in [-0.15, -0.1) is 0 Å². The molecule has 4 heteroatoms. The number of benzene rings is 1. The molecule has 0 spiro atoms. The lowest BCUT2D eigenvalue weighted by molar-refractivity contribution is -0.119. The van der Waals surface area contributed by atoms with E-state index >= 15 is 0 Å². The minimum atomic E-state index is -0.180. The van der Waals surface area contributed by atoms with Gasteiger partial charge in [-0.25, -0.2) is 0 Å². The number of amides is 1. The van der Waals surface area contributed by atoms with Crippen LogP contribution in [0.4, 0.5) is 11.4 Å². The Bertz CT molecular complexity index is 587. The van der Waals surface area contributed by atoms with Gasteiger partial charge in [-0.05, 0) is 30.7 Å². The van der Waals surface area contributed by atoms with Crippen LogP contribution >= 0.6 is 0 Å². The maximum Gasteiger partial charge on any atom is 0.249 e. The Hall–Kier alpha value is -2.36. The van der Waals surface area contributed by atoms with Crippen LogP contribution in [0, 0.1) is 0 Å². The SMILES string of the molecule is CCN(C(=O)[C@@H]1Cc2ccccc2N1)c1ccncc1. The number of carbonyl (C=O) groups is 1. The largest absolute Gasteiger partial charge is 0.373 e. The van der Waals surface area contributed by atoms with Crippen molar-refractivity contribution in [3.05, 3.63) is 54.4 Å². The molecule has 1 N–H and O–H groups in total. The molecule has 2 aromatic rings. The lowest BCUT2D eigenvalue weighted by Gasteiger charge is -2.24. The van der Waals surface area contributed by atoms with Crippen LogP contribution in [0.5, 0.6) is 0 Å². The molecule has 1 atom stereocenters. The van der Waals surface area contributed by atoms with E-state index in [-0.39, 0.29) is 11.9 Å². The van der Waals surface area contributed by atoms with E-state index in [1.807, 2.05) is 37.3 Å². The number of aromatic nitrogens is 1. The lowest BCUT2D eigenvalue weighted by Crippen LogP contribution is -2.42. The fourth-order valence-corrected chi connectivity index (χ4v) is 2.62. The van der Waals surface area contributed by atoms with Crippen LogP contribution in [0.1, 0.15) is 12.5 Å². The van der Waals surface area contributed by atoms with Crippen LogP contribution in [0.15, 0.2) is 48.8 Å². The zero-order valence-corrected chi connectivity index (χ0v) is 11.4. The number of fused-ring (bicyclic) bond motifs is 1. The molecule has 1 aliphatic heterocycles. The summed E-state index contributed by atoms with van der Waals surface area (Å²) in [5.41, 5.74) is 3.17. The molecule has 3 rings (SSSR count). The summed E-state index contributed by atoms with van der Waals surface area (Å²) in [5, 5.41) is 3.31. The fourth-order valence-electron chi connectivity index (χ4n) is 2.62. The van der Waals surface area contributed by atoms with E-state index in [1.165, 1.54) is 5.56 Å². The van der Waals surface area contributed by atoms with Crippen LogP contribution in [0.3, 0.4) is 0 Å². The summed E-state index contributed by atoms with van der Waals surface area (Å²) in [7, 11) is 0. The molecule has 0 saturated carbocycles. The van der Waals surface area contributed by atoms with Crippen LogP contribution < -0.4 is 10.2 Å². The third-order valence-corrected chi connectivity index (χ3v) is 3.63. The molecule has 1 amide bonds. The number of pyridine rings is 1. The molecule has 0 saturated heterocycles. The fraction of sp³-hybridized carbons (Fsp3) is 0.250. The number of nitrogens with zero attached hydrogens (tertiary/aromatic N) is 2. The van der Waals surface area contributed by atoms with Gasteiger partial charge in [0, 0.05) is 36.7 Å². The molecule has 1 aliphatic rings. The maximum absolute atomic E-state index is 12.7. The lowest BCUT2D eigenvalue weighted by atomic mass is 10.1. The Morgan fingerprint density at radius 2 is 2.05 bits per heavy atom. The standard InChI is InChI=1S/C16H17N3O/c1-2-19(13-7-9-17-10-8-13)16(20)15-11-12-5-3-4-6-14(12)18-15/h3-10,15,18H,2,11H2,1H3/t15-/m0/s1. The van der Waals surface area contributed by atoms with E-state index in [9.17, 15) is 4.79 Å². The molecule has 2 heterocycles. The first kappa shape index (κ1) is 12.7. The first-order valence-electron chi connectivity index (χ1n) is 6.85. The van der Waals surface area contributed by atoms with Gasteiger partial charge in [0.05, 0.1) is 0 Å². The number of hydrogen-bond acceptors (Lipinski definition) is 3. The maximum atomic E-state index is 12.7. The summed E-state index contributed by atoms with van der Waals surface area (Å²) in [5.74, 6) is 0.106. The molecule has 102 valence electrons. The van der Waals surface area contributed by atoms with Crippen molar-refractivity contribution in [3.8, 4) is 0 Å². The first-order valence-corrected chi connectivity index (χ1v) is 6.85. The number of anilines is 2. The summed E-state index contributed by atoms with van der Waals surface area (Å²) >= 11 is 0. The summed E-state index contributed by atoms with van der Waals surface area (Å²) in [4.78, 5) is 18.5. The zero-order chi connectivity index (χ0) is 13.9. The van der Waals surface area contributed by atoms with Gasteiger partial charge in [0.2, 0.25) is 5.91 Å². The van der Waals surface area contributed by atoms with Gasteiger partial charge in [0.25, 0.3) is 0 Å². The highest BCUT2D eigenvalue weighted by Gasteiger charge is 2.29. The number of rotatable bonds is 3. The average molecular weight is 267 g/mol. The minimum Gasteiger partial charge on any atom is -0.373 e. The molecule has 1 aromatic heterocycles. The van der Waals surface area contributed by atoms with E-state index < -0.39 is 0 Å². The monoisotopic (exact) mass is 267 g/mol. The number of likely N-dealkylation sites (N-methyl/N-ethyl adjacent to an activating group) is 1. The molecule has 1 aromatic carbocycles. The quantitative estimate of drug-likeness (QED) is 0.929. The first-order chi connectivity index (χ1) is 9.79. The van der Waals surface area contributed by atoms with Crippen LogP contribution in [-0.2, 0) is 11.2 Å². The number of para-hydroxylation sites is 1. The molecule has 0 fully saturated rings. The summed E-state index contributed by atoms with van der Waals surface area (Å²) in [6.45, 7) is 2.64. The van der Waals surface area contributed by atoms with Gasteiger partial charge in [0.1, 0.15) is 6.04 Å². The predicted octanol–water partition coefficient (Wildman–Crippen LogP) is 2.47. The Morgan fingerprint density at radius 3 is 2.75 bits per heavy atom. The van der Waals surface area contributed by atoms with Crippen molar-refractivity contribution >= 4 is 17.3 Å². The van der Waals surface area contributed by atoms with Crippen molar-refractivity contribution in [2.24, 2.45) is 0 Å². The summed E-state index contributed by atoms with van der Waals surface area (Å²) < 4.78 is 0. The van der Waals surface area contributed by atoms with Gasteiger partial charge >= 0.3 is 0 Å². The molecule has 20 heavy (non-hydrogen) atoms. The van der Waals surface area contributed by atoms with Gasteiger partial charge in [-0.2, -0.15) is 0 Å². The van der Waals surface area contributed by atoms with Crippen LogP contribution in [0.25, 0.3) is 0 Å². The average Bonchev–Trinajstić information content (AvgIpc) is 2.93. The van der Waals surface area contributed by atoms with Crippen molar-refractivity contribution in [2.45, 2.75) is 19.4 Å². The Labute approximate surface area is 118 Å². The highest BCUT2D eigenvalue weighted by atomic mass is 16.2. The molecule has 0 unspecified atom stereocenters. The molecule has 0 aliphatic carbocycles. The zero-order valence-electron chi connectivity index (χ0n) is 11.4. The second kappa shape index (κ2) is 5.33. The van der Waals surface area contributed by atoms with E-state index in [0.717, 1.165) is 17.8 Å². The van der Waals surface area contributed by atoms with Crippen molar-refractivity contribution in [1.29, 1.82) is 0 Å². The highest BCUT2D eigenvalue weighted by Crippen LogP contribution is 2.27. The second-order valence-electron chi connectivity index (χ2n) is 4.85. The normalized spacial score (nSPS) is 16.4. The van der Waals surface area contributed by atoms with Crippen molar-refractivity contribution < 1.29 is 4.79 Å². The topological polar surface area (TPSA) is 45.2 Å². The molecule has 4 nitrogen and oxygen atoms in total. The van der Waals surface area contributed by atoms with Crippen molar-refractivity contribution in [1.82, 2.24) is 4.98 Å². The van der Waals surface area contributed by atoms with Crippen LogP contribution in [0.2, 0.25) is 0 Å². The van der Waals surface area contributed by atoms with E-state index in [2.05, 4.69) is 16.4 Å². The molecule has 0 bridgehead atoms. The summed E-state index contributed by atoms with van der Waals surface area (Å²) in [6, 6.07) is 11.6. The molecular weight excluding hydrogens is 250 g/mol. The number of carbonyl (C=O) groups excluding carboxylic acids is 1. The Morgan fingerprint density at radius 1 is 1.30 bits per heavy atom. The van der Waals surface area contributed by atoms with E-state index in [0.29, 0.717) is 6.54 Å². The van der Waals surface area contributed by atoms with Crippen LogP contribution in [-0.4, -0.2) is 23.5 Å². The highest BCUT2D eigenvalue weighted by molar-refractivity contribution is 6.00. The minimum absolute atomic E-state index is 0.106. The third kappa shape index (κ3) is 2.25. The second-order valence-corrected chi connectivity index (χ2v) is 4.85. The van der Waals surface area contributed by atoms with Crippen molar-refractivity contribution in [3.63, 3.8) is 0 Å². The molecule has 0 radical (unpaired) electrons. The predicted molar refractivity (Wildman–Crippen MR) is 79.8 cm³/mol. The van der Waals surface area contributed by atoms with Crippen molar-refractivity contribution in [2.75, 3.05) is 16.8 Å². The Balaban J connectivity index is 1.80. The molecular formula is C16H17N3O. The van der Waals surface area contributed by atoms with Gasteiger partial charge < -0.3 is 10.2 Å². The van der Waals surface area contributed by atoms with E-state index in [1.54, 1.807) is 17.3 Å². The van der Waals surface area contributed by atoms with Gasteiger partial charge in [0.15, 0.2) is 0 Å². The van der Waals surface area contributed by atoms with Gasteiger partial charge in [-0.1, -0.05) is 18.2 Å². The summed E-state index contributed by atoms with van der Waals surface area (Å²) in [6.07, 6.45) is 4.17. The smallest absolute Gasteiger partial charge is 0.249 e. The Kier molecular flexibility index (Phi) is 3.37. The number of hydrogen-bond donors (Lipinski definition) is 1. The van der Waals surface area contributed by atoms with E-state index in [4.69, 9.17) is 0 Å². The third-order valence-electron chi connectivity index (χ3n) is 3.63. The van der Waals surface area contributed by atoms with Gasteiger partial charge in [-0.3, -0.25) is 9.78 Å².